The number of unbranched alkanes of at least 4 members (excludes halogenated alkanes) is 2. The van der Waals surface area contributed by atoms with Crippen LogP contribution in [0.1, 0.15) is 73.1 Å². The SMILES string of the molecule is CCO[Si](CCCN(C)C([Si]CCCCCC(C)[Si](OC)OC)N(C)CCC[Si](OCC)OCC)OCC. The van der Waals surface area contributed by atoms with Crippen molar-refractivity contribution in [1.29, 1.82) is 0 Å². The minimum atomic E-state index is -1.14. The molecule has 5 radical (unpaired) electrons. The summed E-state index contributed by atoms with van der Waals surface area (Å²) in [6.45, 7) is 15.6. The van der Waals surface area contributed by atoms with Crippen LogP contribution in [0, 0.1) is 0 Å². The van der Waals surface area contributed by atoms with Crippen LogP contribution >= 0.6 is 0 Å². The maximum absolute atomic E-state index is 5.85. The lowest BCUT2D eigenvalue weighted by Gasteiger charge is -2.36. The second kappa shape index (κ2) is 26.4. The van der Waals surface area contributed by atoms with E-state index in [0.717, 1.165) is 74.0 Å². The standard InChI is InChI=1S/C26H59N2O6Si4/c1-10-31-36(32-11-2)23-17-20-27(6)26(28(7)21-18-24-37(33-12-3)34-13-4)35-22-16-14-15-19-25(5)38(29-8)30-9/h25-26H,10-24H2,1-9H3. The van der Waals surface area contributed by atoms with E-state index >= 15 is 0 Å². The molecule has 0 aliphatic carbocycles. The van der Waals surface area contributed by atoms with Crippen molar-refractivity contribution in [3.05, 3.63) is 0 Å². The van der Waals surface area contributed by atoms with E-state index in [1.807, 2.05) is 0 Å². The predicted molar refractivity (Wildman–Crippen MR) is 164 cm³/mol. The van der Waals surface area contributed by atoms with E-state index in [1.54, 1.807) is 14.2 Å². The summed E-state index contributed by atoms with van der Waals surface area (Å²) in [6, 6.07) is 3.35. The zero-order valence-electron chi connectivity index (χ0n) is 26.1. The highest BCUT2D eigenvalue weighted by molar-refractivity contribution is 6.46. The first-order valence-corrected chi connectivity index (χ1v) is 20.4. The molecule has 8 nitrogen and oxygen atoms in total. The zero-order valence-corrected chi connectivity index (χ0v) is 30.1. The van der Waals surface area contributed by atoms with Crippen LogP contribution in [0.25, 0.3) is 0 Å². The highest BCUT2D eigenvalue weighted by atomic mass is 28.3. The molecular weight excluding hydrogens is 549 g/mol. The number of hydrogen-bond donors (Lipinski definition) is 0. The number of nitrogens with zero attached hydrogens (tertiary/aromatic N) is 2. The molecule has 1 unspecified atom stereocenters. The van der Waals surface area contributed by atoms with E-state index in [2.05, 4.69) is 58.5 Å². The summed E-state index contributed by atoms with van der Waals surface area (Å²) in [7, 11) is 5.62. The molecule has 0 aromatic carbocycles. The largest absolute Gasteiger partial charge is 0.397 e. The fraction of sp³-hybridized carbons (Fsp3) is 1.00. The molecule has 0 rings (SSSR count). The predicted octanol–water partition coefficient (Wildman–Crippen LogP) is 4.89. The Labute approximate surface area is 243 Å². The molecule has 0 spiro atoms. The molecule has 0 amide bonds. The summed E-state index contributed by atoms with van der Waals surface area (Å²) in [5, 5.41) is 0. The molecule has 1 atom stereocenters. The third-order valence-corrected chi connectivity index (χ3v) is 14.0. The van der Waals surface area contributed by atoms with E-state index in [-0.39, 0.29) is 0 Å². The average molecular weight is 608 g/mol. The Kier molecular flexibility index (Phi) is 26.8. The maximum Gasteiger partial charge on any atom is 0.387 e. The first kappa shape index (κ1) is 38.5. The van der Waals surface area contributed by atoms with Crippen molar-refractivity contribution in [2.45, 2.75) is 103 Å². The fourth-order valence-electron chi connectivity index (χ4n) is 4.44. The van der Waals surface area contributed by atoms with Gasteiger partial charge in [-0.05, 0) is 86.2 Å². The van der Waals surface area contributed by atoms with Gasteiger partial charge >= 0.3 is 27.9 Å². The maximum atomic E-state index is 5.85. The zero-order chi connectivity index (χ0) is 28.6. The summed E-state index contributed by atoms with van der Waals surface area (Å²) in [6.07, 6.45) is 7.24. The van der Waals surface area contributed by atoms with E-state index in [9.17, 15) is 0 Å². The first-order valence-electron chi connectivity index (χ1n) is 14.7. The van der Waals surface area contributed by atoms with Crippen LogP contribution in [-0.2, 0) is 26.6 Å². The highest BCUT2D eigenvalue weighted by Crippen LogP contribution is 2.20. The van der Waals surface area contributed by atoms with Crippen LogP contribution < -0.4 is 0 Å². The van der Waals surface area contributed by atoms with Crippen LogP contribution in [-0.4, -0.2) is 121 Å². The van der Waals surface area contributed by atoms with Gasteiger partial charge < -0.3 is 26.6 Å². The third-order valence-electron chi connectivity index (χ3n) is 6.29. The Hall–Kier alpha value is 0.548. The Morgan fingerprint density at radius 1 is 0.658 bits per heavy atom. The second-order valence-electron chi connectivity index (χ2n) is 9.45. The van der Waals surface area contributed by atoms with Crippen molar-refractivity contribution < 1.29 is 26.6 Å². The van der Waals surface area contributed by atoms with Gasteiger partial charge in [-0.1, -0.05) is 32.2 Å². The molecule has 0 aromatic heterocycles. The van der Waals surface area contributed by atoms with Crippen LogP contribution in [0.4, 0.5) is 0 Å². The van der Waals surface area contributed by atoms with Crippen molar-refractivity contribution in [2.24, 2.45) is 0 Å². The van der Waals surface area contributed by atoms with Gasteiger partial charge in [0, 0.05) is 52.0 Å². The molecule has 12 heteroatoms. The quantitative estimate of drug-likeness (QED) is 0.0708. The van der Waals surface area contributed by atoms with Crippen molar-refractivity contribution >= 4 is 37.4 Å². The topological polar surface area (TPSA) is 61.9 Å². The molecule has 0 bridgehead atoms. The molecule has 0 saturated carbocycles. The van der Waals surface area contributed by atoms with Crippen LogP contribution in [0.5, 0.6) is 0 Å². The van der Waals surface area contributed by atoms with Gasteiger partial charge in [0.25, 0.3) is 0 Å². The molecule has 0 aromatic rings. The molecule has 38 heavy (non-hydrogen) atoms. The van der Waals surface area contributed by atoms with Gasteiger partial charge in [0.1, 0.15) is 0 Å². The molecule has 0 fully saturated rings. The van der Waals surface area contributed by atoms with E-state index in [4.69, 9.17) is 26.6 Å². The molecular formula is C26H59N2O6Si4. The average Bonchev–Trinajstić information content (AvgIpc) is 2.89. The van der Waals surface area contributed by atoms with Gasteiger partial charge in [-0.15, -0.1) is 0 Å². The number of hydrogen-bond acceptors (Lipinski definition) is 8. The Morgan fingerprint density at radius 3 is 1.50 bits per heavy atom. The van der Waals surface area contributed by atoms with Gasteiger partial charge in [-0.2, -0.15) is 0 Å². The highest BCUT2D eigenvalue weighted by Gasteiger charge is 2.23. The second-order valence-corrected chi connectivity index (χ2v) is 17.0. The minimum Gasteiger partial charge on any atom is -0.397 e. The summed E-state index contributed by atoms with van der Waals surface area (Å²) in [5.74, 6) is 0.468. The van der Waals surface area contributed by atoms with Gasteiger partial charge in [0.05, 0.1) is 9.52 Å². The normalized spacial score (nSPS) is 13.3. The summed E-state index contributed by atoms with van der Waals surface area (Å²) < 4.78 is 34.4. The van der Waals surface area contributed by atoms with Crippen molar-refractivity contribution in [3.8, 4) is 0 Å². The smallest absolute Gasteiger partial charge is 0.387 e. The van der Waals surface area contributed by atoms with Gasteiger partial charge in [-0.25, -0.2) is 0 Å². The molecule has 0 N–H and O–H groups in total. The van der Waals surface area contributed by atoms with Crippen LogP contribution in [0.3, 0.4) is 0 Å². The molecule has 0 aliphatic rings. The van der Waals surface area contributed by atoms with Gasteiger partial charge in [-0.3, -0.25) is 9.80 Å². The van der Waals surface area contributed by atoms with Gasteiger partial charge in [0.2, 0.25) is 0 Å². The van der Waals surface area contributed by atoms with Crippen molar-refractivity contribution in [1.82, 2.24) is 9.80 Å². The lowest BCUT2D eigenvalue weighted by atomic mass is 10.2. The fourth-order valence-corrected chi connectivity index (χ4v) is 10.4. The van der Waals surface area contributed by atoms with Crippen molar-refractivity contribution in [2.75, 3.05) is 67.8 Å². The Bertz CT molecular complexity index is 474. The Morgan fingerprint density at radius 2 is 1.11 bits per heavy atom. The van der Waals surface area contributed by atoms with Crippen LogP contribution in [0.2, 0.25) is 23.7 Å². The van der Waals surface area contributed by atoms with Crippen molar-refractivity contribution in [3.63, 3.8) is 0 Å². The lowest BCUT2D eigenvalue weighted by molar-refractivity contribution is 0.140. The molecule has 0 heterocycles. The van der Waals surface area contributed by atoms with E-state index in [1.165, 1.54) is 31.7 Å². The van der Waals surface area contributed by atoms with E-state index in [0.29, 0.717) is 11.3 Å². The summed E-state index contributed by atoms with van der Waals surface area (Å²) in [4.78, 5) is 5.11. The summed E-state index contributed by atoms with van der Waals surface area (Å²) in [5.41, 5.74) is 0.530. The molecule has 0 saturated heterocycles. The van der Waals surface area contributed by atoms with Crippen LogP contribution in [0.15, 0.2) is 0 Å². The monoisotopic (exact) mass is 607 g/mol. The van der Waals surface area contributed by atoms with Gasteiger partial charge in [0.15, 0.2) is 0 Å². The number of rotatable bonds is 28. The summed E-state index contributed by atoms with van der Waals surface area (Å²) >= 11 is 0. The Balaban J connectivity index is 4.78. The van der Waals surface area contributed by atoms with E-state index < -0.39 is 27.9 Å². The lowest BCUT2D eigenvalue weighted by Crippen LogP contribution is -2.49. The molecule has 0 aliphatic heterocycles. The first-order chi connectivity index (χ1) is 18.4. The molecule has 225 valence electrons. The minimum absolute atomic E-state index is 0.468. The third kappa shape index (κ3) is 18.8.